The minimum atomic E-state index is 0.506. The van der Waals surface area contributed by atoms with E-state index in [1.54, 1.807) is 14.2 Å². The maximum absolute atomic E-state index is 5.87. The number of nitrogen functional groups attached to an aromatic ring is 1. The zero-order valence-corrected chi connectivity index (χ0v) is 14.9. The lowest BCUT2D eigenvalue weighted by molar-refractivity contribution is 0.389. The number of hydrogen-bond donors (Lipinski definition) is 1. The summed E-state index contributed by atoms with van der Waals surface area (Å²) < 4.78 is 12.4. The molecule has 0 unspecified atom stereocenters. The molecular weight excluding hydrogens is 378 g/mol. The number of nitrogens with zero attached hydrogens (tertiary/aromatic N) is 2. The van der Waals surface area contributed by atoms with Gasteiger partial charge in [-0.2, -0.15) is 0 Å². The zero-order valence-electron chi connectivity index (χ0n) is 12.5. The molecule has 23 heavy (non-hydrogen) atoms. The predicted molar refractivity (Wildman–Crippen MR) is 98.0 cm³/mol. The number of hydrogen-bond acceptors (Lipinski definition) is 6. The third-order valence-electron chi connectivity index (χ3n) is 3.33. The number of benzene rings is 1. The summed E-state index contributed by atoms with van der Waals surface area (Å²) in [7, 11) is 3.25. The monoisotopic (exact) mass is 391 g/mol. The second kappa shape index (κ2) is 6.55. The number of aromatic nitrogens is 2. The second-order valence-corrected chi connectivity index (χ2v) is 6.37. The Balaban J connectivity index is 2.00. The highest BCUT2D eigenvalue weighted by atomic mass is 79.9. The minimum absolute atomic E-state index is 0.506. The van der Waals surface area contributed by atoms with Crippen LogP contribution in [-0.2, 0) is 0 Å². The molecule has 0 bridgehead atoms. The van der Waals surface area contributed by atoms with E-state index in [4.69, 9.17) is 15.2 Å². The first-order chi connectivity index (χ1) is 11.1. The number of thiophene rings is 1. The fourth-order valence-electron chi connectivity index (χ4n) is 2.18. The van der Waals surface area contributed by atoms with Crippen molar-refractivity contribution < 1.29 is 9.47 Å². The van der Waals surface area contributed by atoms with Crippen molar-refractivity contribution in [2.24, 2.45) is 0 Å². The first kappa shape index (κ1) is 15.8. The molecule has 0 aliphatic rings. The number of ether oxygens (including phenoxy) is 2. The van der Waals surface area contributed by atoms with Crippen molar-refractivity contribution in [1.82, 2.24) is 9.97 Å². The van der Waals surface area contributed by atoms with Crippen LogP contribution in [0.3, 0.4) is 0 Å². The highest BCUT2D eigenvalue weighted by molar-refractivity contribution is 9.10. The van der Waals surface area contributed by atoms with E-state index in [1.165, 1.54) is 17.7 Å². The van der Waals surface area contributed by atoms with Gasteiger partial charge in [-0.05, 0) is 33.6 Å². The van der Waals surface area contributed by atoms with Crippen molar-refractivity contribution in [3.05, 3.63) is 39.4 Å². The smallest absolute Gasteiger partial charge is 0.144 e. The lowest BCUT2D eigenvalue weighted by Gasteiger charge is -2.09. The van der Waals surface area contributed by atoms with Crippen molar-refractivity contribution in [2.45, 2.75) is 0 Å². The summed E-state index contributed by atoms with van der Waals surface area (Å²) >= 11 is 5.00. The van der Waals surface area contributed by atoms with Gasteiger partial charge in [0.15, 0.2) is 0 Å². The van der Waals surface area contributed by atoms with Crippen molar-refractivity contribution in [1.29, 1.82) is 0 Å². The molecular formula is C16H14BrN3O2S. The molecule has 2 heterocycles. The minimum Gasteiger partial charge on any atom is -0.495 e. The van der Waals surface area contributed by atoms with Gasteiger partial charge in [-0.1, -0.05) is 12.2 Å². The lowest BCUT2D eigenvalue weighted by atomic mass is 10.1. The molecule has 0 aliphatic carbocycles. The molecule has 3 rings (SSSR count). The number of anilines is 1. The number of nitrogens with two attached hydrogens (primary N) is 1. The summed E-state index contributed by atoms with van der Waals surface area (Å²) in [6.07, 6.45) is 5.46. The van der Waals surface area contributed by atoms with Crippen LogP contribution in [0.2, 0.25) is 0 Å². The van der Waals surface area contributed by atoms with Crippen molar-refractivity contribution in [3.63, 3.8) is 0 Å². The normalized spacial score (nSPS) is 11.3. The van der Waals surface area contributed by atoms with E-state index in [1.807, 2.05) is 29.7 Å². The molecule has 2 aromatic heterocycles. The van der Waals surface area contributed by atoms with Gasteiger partial charge in [0.25, 0.3) is 0 Å². The Labute approximate surface area is 145 Å². The first-order valence-electron chi connectivity index (χ1n) is 6.71. The number of methoxy groups -OCH3 is 2. The van der Waals surface area contributed by atoms with E-state index in [9.17, 15) is 0 Å². The Hall–Kier alpha value is -2.12. The van der Waals surface area contributed by atoms with Gasteiger partial charge in [0.1, 0.15) is 28.1 Å². The molecule has 1 aromatic carbocycles. The van der Waals surface area contributed by atoms with E-state index in [0.717, 1.165) is 25.8 Å². The van der Waals surface area contributed by atoms with Crippen LogP contribution in [0.4, 0.5) is 5.82 Å². The van der Waals surface area contributed by atoms with E-state index in [-0.39, 0.29) is 0 Å². The van der Waals surface area contributed by atoms with Gasteiger partial charge in [0, 0.05) is 10.9 Å². The van der Waals surface area contributed by atoms with Crippen LogP contribution in [0.5, 0.6) is 11.5 Å². The molecule has 0 radical (unpaired) electrons. The van der Waals surface area contributed by atoms with Gasteiger partial charge in [0.2, 0.25) is 0 Å². The molecule has 0 saturated heterocycles. The van der Waals surface area contributed by atoms with Crippen LogP contribution in [0.1, 0.15) is 11.1 Å². The Kier molecular flexibility index (Phi) is 4.49. The van der Waals surface area contributed by atoms with E-state index < -0.39 is 0 Å². The molecule has 2 N–H and O–H groups in total. The van der Waals surface area contributed by atoms with Crippen LogP contribution >= 0.6 is 27.3 Å². The number of fused-ring (bicyclic) bond motifs is 1. The number of rotatable bonds is 4. The molecule has 0 fully saturated rings. The van der Waals surface area contributed by atoms with E-state index >= 15 is 0 Å². The van der Waals surface area contributed by atoms with Gasteiger partial charge in [-0.3, -0.25) is 0 Å². The molecule has 7 heteroatoms. The van der Waals surface area contributed by atoms with Crippen LogP contribution in [-0.4, -0.2) is 24.2 Å². The van der Waals surface area contributed by atoms with Gasteiger partial charge in [0.05, 0.1) is 24.4 Å². The topological polar surface area (TPSA) is 70.3 Å². The molecule has 3 aromatic rings. The van der Waals surface area contributed by atoms with Gasteiger partial charge in [-0.15, -0.1) is 11.3 Å². The molecule has 0 aliphatic heterocycles. The number of halogens is 1. The summed E-state index contributed by atoms with van der Waals surface area (Å²) in [6.45, 7) is 0. The second-order valence-electron chi connectivity index (χ2n) is 4.70. The van der Waals surface area contributed by atoms with Crippen LogP contribution < -0.4 is 15.2 Å². The quantitative estimate of drug-likeness (QED) is 0.720. The standard InChI is InChI=1S/C16H14BrN3O2S/c1-21-11-5-9(6-12(22-2)13(11)17)3-4-10-7-23-15-14(10)19-8-20-16(15)18/h3-8H,1-2H3,(H2,18,19,20)/b4-3+. The summed E-state index contributed by atoms with van der Waals surface area (Å²) in [4.78, 5) is 8.32. The molecule has 0 amide bonds. The highest BCUT2D eigenvalue weighted by Crippen LogP contribution is 2.36. The Morgan fingerprint density at radius 1 is 1.13 bits per heavy atom. The van der Waals surface area contributed by atoms with Crippen LogP contribution in [0.25, 0.3) is 22.4 Å². The van der Waals surface area contributed by atoms with Gasteiger partial charge >= 0.3 is 0 Å². The Morgan fingerprint density at radius 3 is 2.48 bits per heavy atom. The fraction of sp³-hybridized carbons (Fsp3) is 0.125. The molecule has 0 spiro atoms. The SMILES string of the molecule is COc1cc(/C=C/c2csc3c(N)ncnc23)cc(OC)c1Br. The summed E-state index contributed by atoms with van der Waals surface area (Å²) in [5.74, 6) is 1.93. The molecule has 5 nitrogen and oxygen atoms in total. The summed E-state index contributed by atoms with van der Waals surface area (Å²) in [5.41, 5.74) is 8.68. The lowest BCUT2D eigenvalue weighted by Crippen LogP contribution is -1.91. The zero-order chi connectivity index (χ0) is 16.4. The predicted octanol–water partition coefficient (Wildman–Crippen LogP) is 4.22. The largest absolute Gasteiger partial charge is 0.495 e. The van der Waals surface area contributed by atoms with E-state index in [0.29, 0.717) is 17.3 Å². The molecule has 118 valence electrons. The Bertz CT molecular complexity index is 867. The first-order valence-corrected chi connectivity index (χ1v) is 8.38. The average Bonchev–Trinajstić information content (AvgIpc) is 2.98. The fourth-order valence-corrected chi connectivity index (χ4v) is 3.62. The summed E-state index contributed by atoms with van der Waals surface area (Å²) in [5, 5.41) is 2.01. The van der Waals surface area contributed by atoms with Crippen molar-refractivity contribution >= 4 is 55.5 Å². The van der Waals surface area contributed by atoms with Crippen LogP contribution in [0, 0.1) is 0 Å². The third-order valence-corrected chi connectivity index (χ3v) is 5.12. The molecule has 0 saturated carbocycles. The maximum atomic E-state index is 5.87. The molecule has 0 atom stereocenters. The van der Waals surface area contributed by atoms with Crippen molar-refractivity contribution in [2.75, 3.05) is 20.0 Å². The summed E-state index contributed by atoms with van der Waals surface area (Å²) in [6, 6.07) is 3.86. The van der Waals surface area contributed by atoms with E-state index in [2.05, 4.69) is 25.9 Å². The van der Waals surface area contributed by atoms with Gasteiger partial charge in [-0.25, -0.2) is 9.97 Å². The maximum Gasteiger partial charge on any atom is 0.144 e. The van der Waals surface area contributed by atoms with Crippen molar-refractivity contribution in [3.8, 4) is 11.5 Å². The highest BCUT2D eigenvalue weighted by Gasteiger charge is 2.09. The van der Waals surface area contributed by atoms with Crippen LogP contribution in [0.15, 0.2) is 28.3 Å². The third kappa shape index (κ3) is 3.02. The average molecular weight is 392 g/mol. The Morgan fingerprint density at radius 2 is 1.83 bits per heavy atom. The van der Waals surface area contributed by atoms with Gasteiger partial charge < -0.3 is 15.2 Å².